The van der Waals surface area contributed by atoms with Crippen molar-refractivity contribution >= 4 is 0 Å². The largest absolute Gasteiger partial charge is 0.388 e. The monoisotopic (exact) mass is 202 g/mol. The Morgan fingerprint density at radius 1 is 1.27 bits per heavy atom. The Labute approximate surface area is 91.4 Å². The third-order valence-electron chi connectivity index (χ3n) is 3.32. The predicted molar refractivity (Wildman–Crippen MR) is 62.5 cm³/mol. The standard InChI is InChI=1S/C14H18O/c1-14(10-6-3-7-11-14)13(15)12-8-4-2-5-9-12/h2,4-6,8-10,13,15H,3,7,11H2,1H3. The van der Waals surface area contributed by atoms with Gasteiger partial charge in [0.1, 0.15) is 0 Å². The highest BCUT2D eigenvalue weighted by Gasteiger charge is 2.32. The topological polar surface area (TPSA) is 20.2 Å². The molecule has 1 aromatic rings. The fourth-order valence-electron chi connectivity index (χ4n) is 2.28. The van der Waals surface area contributed by atoms with Crippen LogP contribution in [0.2, 0.25) is 0 Å². The van der Waals surface area contributed by atoms with Crippen LogP contribution in [0.3, 0.4) is 0 Å². The van der Waals surface area contributed by atoms with Crippen molar-refractivity contribution in [2.24, 2.45) is 5.41 Å². The number of hydrogen-bond acceptors (Lipinski definition) is 1. The highest BCUT2D eigenvalue weighted by Crippen LogP contribution is 2.41. The second-order valence-electron chi connectivity index (χ2n) is 4.61. The van der Waals surface area contributed by atoms with Gasteiger partial charge in [-0.05, 0) is 24.8 Å². The molecule has 0 heterocycles. The summed E-state index contributed by atoms with van der Waals surface area (Å²) in [4.78, 5) is 0. The highest BCUT2D eigenvalue weighted by molar-refractivity contribution is 5.22. The Balaban J connectivity index is 2.23. The van der Waals surface area contributed by atoms with E-state index in [-0.39, 0.29) is 11.5 Å². The minimum absolute atomic E-state index is 0.0837. The molecule has 0 amide bonds. The van der Waals surface area contributed by atoms with E-state index in [1.807, 2.05) is 30.3 Å². The molecular formula is C14H18O. The zero-order valence-electron chi connectivity index (χ0n) is 9.19. The lowest BCUT2D eigenvalue weighted by molar-refractivity contribution is 0.0594. The van der Waals surface area contributed by atoms with Crippen LogP contribution in [0.5, 0.6) is 0 Å². The van der Waals surface area contributed by atoms with Crippen molar-refractivity contribution in [1.29, 1.82) is 0 Å². The molecule has 1 nitrogen and oxygen atoms in total. The molecule has 0 spiro atoms. The number of hydrogen-bond donors (Lipinski definition) is 1. The van der Waals surface area contributed by atoms with E-state index in [0.717, 1.165) is 18.4 Å². The van der Waals surface area contributed by atoms with Crippen LogP contribution in [0.4, 0.5) is 0 Å². The summed E-state index contributed by atoms with van der Waals surface area (Å²) in [6.45, 7) is 2.14. The molecule has 0 aliphatic heterocycles. The fourth-order valence-corrected chi connectivity index (χ4v) is 2.28. The number of rotatable bonds is 2. The van der Waals surface area contributed by atoms with E-state index in [4.69, 9.17) is 0 Å². The summed E-state index contributed by atoms with van der Waals surface area (Å²) >= 11 is 0. The molecule has 1 heteroatoms. The van der Waals surface area contributed by atoms with Gasteiger partial charge in [-0.1, -0.05) is 49.4 Å². The molecule has 1 aliphatic carbocycles. The van der Waals surface area contributed by atoms with E-state index in [2.05, 4.69) is 19.1 Å². The van der Waals surface area contributed by atoms with Gasteiger partial charge in [-0.25, -0.2) is 0 Å². The van der Waals surface area contributed by atoms with E-state index in [9.17, 15) is 5.11 Å². The average molecular weight is 202 g/mol. The molecule has 2 rings (SSSR count). The van der Waals surface area contributed by atoms with Crippen molar-refractivity contribution in [3.05, 3.63) is 48.0 Å². The minimum atomic E-state index is -0.379. The zero-order valence-corrected chi connectivity index (χ0v) is 9.19. The van der Waals surface area contributed by atoms with Crippen molar-refractivity contribution in [3.8, 4) is 0 Å². The van der Waals surface area contributed by atoms with Gasteiger partial charge in [0.25, 0.3) is 0 Å². The zero-order chi connectivity index (χ0) is 10.7. The van der Waals surface area contributed by atoms with Crippen LogP contribution in [0.15, 0.2) is 42.5 Å². The maximum atomic E-state index is 10.4. The van der Waals surface area contributed by atoms with Gasteiger partial charge in [-0.15, -0.1) is 0 Å². The maximum absolute atomic E-state index is 10.4. The molecule has 0 saturated carbocycles. The third kappa shape index (κ3) is 2.13. The summed E-state index contributed by atoms with van der Waals surface area (Å²) in [5.74, 6) is 0. The molecule has 2 atom stereocenters. The maximum Gasteiger partial charge on any atom is 0.0877 e. The second-order valence-corrected chi connectivity index (χ2v) is 4.61. The van der Waals surface area contributed by atoms with Crippen molar-refractivity contribution in [2.75, 3.05) is 0 Å². The van der Waals surface area contributed by atoms with Gasteiger partial charge in [-0.3, -0.25) is 0 Å². The fraction of sp³-hybridized carbons (Fsp3) is 0.429. The Hall–Kier alpha value is -1.08. The first kappa shape index (κ1) is 10.4. The van der Waals surface area contributed by atoms with E-state index >= 15 is 0 Å². The van der Waals surface area contributed by atoms with Crippen LogP contribution in [-0.4, -0.2) is 5.11 Å². The molecule has 0 fully saturated rings. The molecular weight excluding hydrogens is 184 g/mol. The molecule has 1 aromatic carbocycles. The smallest absolute Gasteiger partial charge is 0.0877 e. The van der Waals surface area contributed by atoms with Gasteiger partial charge in [0.05, 0.1) is 6.10 Å². The quantitative estimate of drug-likeness (QED) is 0.728. The molecule has 0 bridgehead atoms. The normalized spacial score (nSPS) is 27.6. The summed E-state index contributed by atoms with van der Waals surface area (Å²) < 4.78 is 0. The average Bonchev–Trinajstić information content (AvgIpc) is 2.30. The number of aliphatic hydroxyl groups is 1. The van der Waals surface area contributed by atoms with Crippen molar-refractivity contribution in [3.63, 3.8) is 0 Å². The van der Waals surface area contributed by atoms with Gasteiger partial charge in [0.15, 0.2) is 0 Å². The summed E-state index contributed by atoms with van der Waals surface area (Å²) in [5, 5.41) is 10.4. The molecule has 2 unspecified atom stereocenters. The van der Waals surface area contributed by atoms with Crippen LogP contribution < -0.4 is 0 Å². The number of benzene rings is 1. The van der Waals surface area contributed by atoms with Crippen molar-refractivity contribution in [1.82, 2.24) is 0 Å². The molecule has 1 aliphatic rings. The Kier molecular flexibility index (Phi) is 2.92. The predicted octanol–water partition coefficient (Wildman–Crippen LogP) is 3.47. The minimum Gasteiger partial charge on any atom is -0.388 e. The highest BCUT2D eigenvalue weighted by atomic mass is 16.3. The molecule has 15 heavy (non-hydrogen) atoms. The van der Waals surface area contributed by atoms with E-state index in [1.54, 1.807) is 0 Å². The lowest BCUT2D eigenvalue weighted by Crippen LogP contribution is -2.25. The third-order valence-corrected chi connectivity index (χ3v) is 3.32. The van der Waals surface area contributed by atoms with Crippen LogP contribution in [0.25, 0.3) is 0 Å². The molecule has 1 N–H and O–H groups in total. The molecule has 0 radical (unpaired) electrons. The van der Waals surface area contributed by atoms with Gasteiger partial charge < -0.3 is 5.11 Å². The first-order chi connectivity index (χ1) is 7.22. The van der Waals surface area contributed by atoms with Gasteiger partial charge >= 0.3 is 0 Å². The van der Waals surface area contributed by atoms with Gasteiger partial charge in [0.2, 0.25) is 0 Å². The van der Waals surface area contributed by atoms with Crippen molar-refractivity contribution < 1.29 is 5.11 Å². The van der Waals surface area contributed by atoms with Crippen LogP contribution in [-0.2, 0) is 0 Å². The Bertz CT molecular complexity index is 342. The van der Waals surface area contributed by atoms with E-state index < -0.39 is 0 Å². The number of aliphatic hydroxyl groups excluding tert-OH is 1. The van der Waals surface area contributed by atoms with E-state index in [0.29, 0.717) is 0 Å². The summed E-state index contributed by atoms with van der Waals surface area (Å²) in [5.41, 5.74) is 0.936. The molecule has 0 aromatic heterocycles. The SMILES string of the molecule is CC1(C(O)c2ccccc2)C=CCCC1. The lowest BCUT2D eigenvalue weighted by Gasteiger charge is -2.34. The summed E-state index contributed by atoms with van der Waals surface area (Å²) in [6, 6.07) is 9.94. The molecule has 80 valence electrons. The van der Waals surface area contributed by atoms with Gasteiger partial charge in [0, 0.05) is 5.41 Å². The van der Waals surface area contributed by atoms with E-state index in [1.165, 1.54) is 6.42 Å². The molecule has 0 saturated heterocycles. The van der Waals surface area contributed by atoms with Crippen LogP contribution in [0, 0.1) is 5.41 Å². The summed E-state index contributed by atoms with van der Waals surface area (Å²) in [6.07, 6.45) is 7.38. The Morgan fingerprint density at radius 3 is 2.60 bits per heavy atom. The van der Waals surface area contributed by atoms with Crippen molar-refractivity contribution in [2.45, 2.75) is 32.3 Å². The van der Waals surface area contributed by atoms with Gasteiger partial charge in [-0.2, -0.15) is 0 Å². The first-order valence-electron chi connectivity index (χ1n) is 5.63. The van der Waals surface area contributed by atoms with Crippen LogP contribution >= 0.6 is 0 Å². The number of allylic oxidation sites excluding steroid dienone is 1. The lowest BCUT2D eigenvalue weighted by atomic mass is 9.74. The first-order valence-corrected chi connectivity index (χ1v) is 5.63. The summed E-state index contributed by atoms with van der Waals surface area (Å²) in [7, 11) is 0. The van der Waals surface area contributed by atoms with Crippen LogP contribution in [0.1, 0.15) is 37.9 Å². The Morgan fingerprint density at radius 2 is 2.00 bits per heavy atom. The second kappa shape index (κ2) is 4.19.